The number of hydrogen-bond acceptors (Lipinski definition) is 6. The number of rotatable bonds is 5. The molecule has 2 N–H and O–H groups in total. The van der Waals surface area contributed by atoms with E-state index in [0.29, 0.717) is 17.2 Å². The summed E-state index contributed by atoms with van der Waals surface area (Å²) in [5.41, 5.74) is 1.05. The van der Waals surface area contributed by atoms with Crippen molar-refractivity contribution in [1.29, 1.82) is 5.26 Å². The zero-order chi connectivity index (χ0) is 17.7. The van der Waals surface area contributed by atoms with Crippen molar-refractivity contribution in [3.05, 3.63) is 41.9 Å². The Morgan fingerprint density at radius 1 is 1.21 bits per heavy atom. The Morgan fingerprint density at radius 2 is 1.88 bits per heavy atom. The molecule has 24 heavy (non-hydrogen) atoms. The maximum Gasteiger partial charge on any atom is 0.263 e. The minimum Gasteiger partial charge on any atom is -0.325 e. The fraction of sp³-hybridized carbons (Fsp3) is 0.200. The summed E-state index contributed by atoms with van der Waals surface area (Å²) in [6.07, 6.45) is -0.270. The molecule has 0 bridgehead atoms. The van der Waals surface area contributed by atoms with Crippen molar-refractivity contribution in [2.75, 3.05) is 10.0 Å². The molecular formula is C15H15N5O3S. The lowest BCUT2D eigenvalue weighted by atomic mass is 10.3. The molecule has 0 saturated heterocycles. The molecule has 1 aromatic heterocycles. The average molecular weight is 345 g/mol. The molecule has 0 saturated carbocycles. The summed E-state index contributed by atoms with van der Waals surface area (Å²) in [6, 6.07) is 8.85. The van der Waals surface area contributed by atoms with Crippen molar-refractivity contribution in [2.45, 2.75) is 25.2 Å². The van der Waals surface area contributed by atoms with Gasteiger partial charge in [0.05, 0.1) is 11.0 Å². The SMILES string of the molecule is Cc1cc(NS(=O)(=O)c2ccc(NC(=O)CC#N)cc2)nc(C)n1. The van der Waals surface area contributed by atoms with Gasteiger partial charge in [-0.3, -0.25) is 9.52 Å². The van der Waals surface area contributed by atoms with E-state index in [1.54, 1.807) is 19.9 Å². The van der Waals surface area contributed by atoms with Crippen molar-refractivity contribution < 1.29 is 13.2 Å². The summed E-state index contributed by atoms with van der Waals surface area (Å²) in [7, 11) is -3.81. The zero-order valence-electron chi connectivity index (χ0n) is 13.1. The van der Waals surface area contributed by atoms with E-state index < -0.39 is 15.9 Å². The van der Waals surface area contributed by atoms with Gasteiger partial charge in [0.2, 0.25) is 5.91 Å². The van der Waals surface area contributed by atoms with E-state index in [-0.39, 0.29) is 17.1 Å². The Kier molecular flexibility index (Phi) is 5.11. The van der Waals surface area contributed by atoms with E-state index in [1.807, 2.05) is 0 Å². The smallest absolute Gasteiger partial charge is 0.263 e. The van der Waals surface area contributed by atoms with Gasteiger partial charge in [-0.2, -0.15) is 5.26 Å². The van der Waals surface area contributed by atoms with Crippen LogP contribution in [0.3, 0.4) is 0 Å². The Labute approximate surface area is 139 Å². The molecule has 8 nitrogen and oxygen atoms in total. The number of anilines is 2. The van der Waals surface area contributed by atoms with E-state index in [4.69, 9.17) is 5.26 Å². The number of nitrogens with one attached hydrogen (secondary N) is 2. The lowest BCUT2D eigenvalue weighted by Crippen LogP contribution is -2.15. The second-order valence-electron chi connectivity index (χ2n) is 4.95. The van der Waals surface area contributed by atoms with Gasteiger partial charge >= 0.3 is 0 Å². The lowest BCUT2D eigenvalue weighted by Gasteiger charge is -2.09. The molecule has 0 aliphatic rings. The number of carbonyl (C=O) groups is 1. The fourth-order valence-electron chi connectivity index (χ4n) is 1.96. The number of aryl methyl sites for hydroxylation is 2. The number of nitriles is 1. The minimum atomic E-state index is -3.81. The Hall–Kier alpha value is -2.99. The number of hydrogen-bond donors (Lipinski definition) is 2. The van der Waals surface area contributed by atoms with Gasteiger partial charge in [0.25, 0.3) is 10.0 Å². The third kappa shape index (κ3) is 4.50. The van der Waals surface area contributed by atoms with Crippen LogP contribution in [0.1, 0.15) is 17.9 Å². The van der Waals surface area contributed by atoms with Gasteiger partial charge in [-0.05, 0) is 38.1 Å². The van der Waals surface area contributed by atoms with Crippen LogP contribution in [0.15, 0.2) is 35.2 Å². The molecule has 0 aliphatic carbocycles. The molecule has 2 rings (SSSR count). The van der Waals surface area contributed by atoms with Gasteiger partial charge in [0, 0.05) is 17.4 Å². The first-order chi connectivity index (χ1) is 11.3. The number of benzene rings is 1. The molecule has 0 radical (unpaired) electrons. The lowest BCUT2D eigenvalue weighted by molar-refractivity contribution is -0.115. The van der Waals surface area contributed by atoms with E-state index >= 15 is 0 Å². The van der Waals surface area contributed by atoms with Gasteiger partial charge in [-0.15, -0.1) is 0 Å². The van der Waals surface area contributed by atoms with E-state index in [2.05, 4.69) is 20.0 Å². The summed E-state index contributed by atoms with van der Waals surface area (Å²) >= 11 is 0. The molecular weight excluding hydrogens is 330 g/mol. The van der Waals surface area contributed by atoms with Gasteiger partial charge in [-0.25, -0.2) is 18.4 Å². The molecule has 0 spiro atoms. The third-order valence-electron chi connectivity index (χ3n) is 2.89. The highest BCUT2D eigenvalue weighted by Crippen LogP contribution is 2.17. The maximum absolute atomic E-state index is 12.4. The largest absolute Gasteiger partial charge is 0.325 e. The summed E-state index contributed by atoms with van der Waals surface area (Å²) in [5, 5.41) is 10.9. The summed E-state index contributed by atoms with van der Waals surface area (Å²) in [4.78, 5) is 19.5. The van der Waals surface area contributed by atoms with Crippen LogP contribution in [0, 0.1) is 25.2 Å². The number of carbonyl (C=O) groups excluding carboxylic acids is 1. The Morgan fingerprint density at radius 3 is 2.46 bits per heavy atom. The minimum absolute atomic E-state index is 0.0229. The molecule has 0 aliphatic heterocycles. The van der Waals surface area contributed by atoms with Crippen molar-refractivity contribution >= 4 is 27.4 Å². The molecule has 9 heteroatoms. The van der Waals surface area contributed by atoms with Crippen molar-refractivity contribution in [2.24, 2.45) is 0 Å². The van der Waals surface area contributed by atoms with Crippen molar-refractivity contribution in [1.82, 2.24) is 9.97 Å². The van der Waals surface area contributed by atoms with Gasteiger partial charge in [0.1, 0.15) is 18.1 Å². The van der Waals surface area contributed by atoms with Crippen LogP contribution in [-0.2, 0) is 14.8 Å². The standard InChI is InChI=1S/C15H15N5O3S/c1-10-9-14(18-11(2)17-10)20-24(22,23)13-5-3-12(4-6-13)19-15(21)7-8-16/h3-6,9H,7H2,1-2H3,(H,19,21)(H,17,18,20). The molecule has 0 fully saturated rings. The normalized spacial score (nSPS) is 10.7. The molecule has 1 aromatic carbocycles. The molecule has 1 amide bonds. The highest BCUT2D eigenvalue weighted by Gasteiger charge is 2.15. The van der Waals surface area contributed by atoms with Crippen LogP contribution >= 0.6 is 0 Å². The quantitative estimate of drug-likeness (QED) is 0.850. The number of amides is 1. The Balaban J connectivity index is 2.17. The Bertz CT molecular complexity index is 881. The molecule has 2 aromatic rings. The first kappa shape index (κ1) is 17.4. The summed E-state index contributed by atoms with van der Waals surface area (Å²) < 4.78 is 27.1. The number of nitrogens with zero attached hydrogens (tertiary/aromatic N) is 3. The highest BCUT2D eigenvalue weighted by molar-refractivity contribution is 7.92. The van der Waals surface area contributed by atoms with E-state index in [9.17, 15) is 13.2 Å². The summed E-state index contributed by atoms with van der Waals surface area (Å²) in [5.74, 6) is 0.188. The van der Waals surface area contributed by atoms with Crippen LogP contribution in [0.4, 0.5) is 11.5 Å². The molecule has 0 atom stereocenters. The van der Waals surface area contributed by atoms with Gasteiger partial charge in [-0.1, -0.05) is 0 Å². The average Bonchev–Trinajstić information content (AvgIpc) is 2.46. The molecule has 124 valence electrons. The van der Waals surface area contributed by atoms with Crippen LogP contribution in [0.25, 0.3) is 0 Å². The van der Waals surface area contributed by atoms with E-state index in [1.165, 1.54) is 30.3 Å². The number of sulfonamides is 1. The fourth-order valence-corrected chi connectivity index (χ4v) is 2.95. The highest BCUT2D eigenvalue weighted by atomic mass is 32.2. The first-order valence-corrected chi connectivity index (χ1v) is 8.40. The summed E-state index contributed by atoms with van der Waals surface area (Å²) in [6.45, 7) is 3.41. The van der Waals surface area contributed by atoms with Crippen LogP contribution < -0.4 is 10.0 Å². The van der Waals surface area contributed by atoms with Crippen molar-refractivity contribution in [3.63, 3.8) is 0 Å². The monoisotopic (exact) mass is 345 g/mol. The predicted octanol–water partition coefficient (Wildman–Crippen LogP) is 1.75. The van der Waals surface area contributed by atoms with Crippen LogP contribution in [0.5, 0.6) is 0 Å². The van der Waals surface area contributed by atoms with Crippen LogP contribution in [0.2, 0.25) is 0 Å². The first-order valence-electron chi connectivity index (χ1n) is 6.92. The molecule has 1 heterocycles. The van der Waals surface area contributed by atoms with Crippen molar-refractivity contribution in [3.8, 4) is 6.07 Å². The van der Waals surface area contributed by atoms with Crippen LogP contribution in [-0.4, -0.2) is 24.3 Å². The zero-order valence-corrected chi connectivity index (χ0v) is 13.9. The third-order valence-corrected chi connectivity index (χ3v) is 4.26. The van der Waals surface area contributed by atoms with Gasteiger partial charge in [0.15, 0.2) is 0 Å². The van der Waals surface area contributed by atoms with E-state index in [0.717, 1.165) is 0 Å². The predicted molar refractivity (Wildman–Crippen MR) is 87.6 cm³/mol. The molecule has 0 unspecified atom stereocenters. The topological polar surface area (TPSA) is 125 Å². The van der Waals surface area contributed by atoms with Gasteiger partial charge < -0.3 is 5.32 Å². The number of aromatic nitrogens is 2. The second-order valence-corrected chi connectivity index (χ2v) is 6.64. The second kappa shape index (κ2) is 7.06. The maximum atomic E-state index is 12.4.